The summed E-state index contributed by atoms with van der Waals surface area (Å²) in [5, 5.41) is 2.77. The lowest BCUT2D eigenvalue weighted by molar-refractivity contribution is 0.499. The molecule has 1 unspecified atom stereocenters. The van der Waals surface area contributed by atoms with Gasteiger partial charge in [-0.25, -0.2) is 0 Å². The van der Waals surface area contributed by atoms with E-state index in [-0.39, 0.29) is 5.41 Å². The van der Waals surface area contributed by atoms with Crippen molar-refractivity contribution in [2.24, 2.45) is 0 Å². The van der Waals surface area contributed by atoms with Gasteiger partial charge in [0.05, 0.1) is 0 Å². The number of rotatable bonds is 3. The highest BCUT2D eigenvalue weighted by atomic mass is 15.2. The van der Waals surface area contributed by atoms with Gasteiger partial charge < -0.3 is 4.90 Å². The highest BCUT2D eigenvalue weighted by Crippen LogP contribution is 2.46. The number of anilines is 1. The van der Waals surface area contributed by atoms with E-state index in [0.29, 0.717) is 0 Å². The topological polar surface area (TPSA) is 3.24 Å². The monoisotopic (exact) mass is 301 g/mol. The van der Waals surface area contributed by atoms with Gasteiger partial charge in [-0.1, -0.05) is 67.6 Å². The van der Waals surface area contributed by atoms with Crippen molar-refractivity contribution in [3.63, 3.8) is 0 Å². The summed E-state index contributed by atoms with van der Waals surface area (Å²) < 4.78 is 0. The summed E-state index contributed by atoms with van der Waals surface area (Å²) in [4.78, 5) is 2.53. The van der Waals surface area contributed by atoms with Crippen LogP contribution in [0.2, 0.25) is 0 Å². The van der Waals surface area contributed by atoms with Crippen LogP contribution in [0, 0.1) is 0 Å². The Labute approximate surface area is 138 Å². The standard InChI is InChI=1S/C22H23N/c1-3-23-16-22(2,15-17-9-5-4-6-10-17)21-19-12-8-7-11-18(19)13-14-20(21)23/h4-14H,3,15-16H2,1-2H3. The average molecular weight is 301 g/mol. The van der Waals surface area contributed by atoms with Crippen LogP contribution in [0.3, 0.4) is 0 Å². The molecule has 4 rings (SSSR count). The maximum absolute atomic E-state index is 2.53. The highest BCUT2D eigenvalue weighted by Gasteiger charge is 2.39. The zero-order chi connectivity index (χ0) is 15.9. The summed E-state index contributed by atoms with van der Waals surface area (Å²) in [6.45, 7) is 6.85. The second kappa shape index (κ2) is 5.42. The Kier molecular flexibility index (Phi) is 3.37. The molecule has 1 heteroatoms. The molecule has 0 bridgehead atoms. The fraction of sp³-hybridized carbons (Fsp3) is 0.273. The van der Waals surface area contributed by atoms with Crippen molar-refractivity contribution in [2.75, 3.05) is 18.0 Å². The van der Waals surface area contributed by atoms with Gasteiger partial charge >= 0.3 is 0 Å². The Hall–Kier alpha value is -2.28. The lowest BCUT2D eigenvalue weighted by Gasteiger charge is -2.27. The van der Waals surface area contributed by atoms with E-state index in [0.717, 1.165) is 19.5 Å². The van der Waals surface area contributed by atoms with E-state index in [4.69, 9.17) is 0 Å². The summed E-state index contributed by atoms with van der Waals surface area (Å²) in [7, 11) is 0. The molecule has 3 aromatic rings. The van der Waals surface area contributed by atoms with Crippen LogP contribution >= 0.6 is 0 Å². The lowest BCUT2D eigenvalue weighted by Crippen LogP contribution is -2.32. The van der Waals surface area contributed by atoms with Crippen molar-refractivity contribution in [1.82, 2.24) is 0 Å². The van der Waals surface area contributed by atoms with Crippen LogP contribution in [0.1, 0.15) is 25.0 Å². The van der Waals surface area contributed by atoms with Crippen LogP contribution in [0.15, 0.2) is 66.7 Å². The molecule has 0 radical (unpaired) electrons. The number of nitrogens with zero attached hydrogens (tertiary/aromatic N) is 1. The van der Waals surface area contributed by atoms with E-state index in [1.807, 2.05) is 0 Å². The summed E-state index contributed by atoms with van der Waals surface area (Å²) in [5.74, 6) is 0. The van der Waals surface area contributed by atoms with Crippen molar-refractivity contribution >= 4 is 16.5 Å². The first-order chi connectivity index (χ1) is 11.2. The minimum absolute atomic E-state index is 0.160. The second-order valence-electron chi connectivity index (χ2n) is 6.92. The van der Waals surface area contributed by atoms with E-state index in [1.54, 1.807) is 0 Å². The Bertz CT molecular complexity index is 837. The SMILES string of the molecule is CCN1CC(C)(Cc2ccccc2)c2c1ccc1ccccc21. The molecule has 1 aliphatic heterocycles. The Morgan fingerprint density at radius 2 is 1.65 bits per heavy atom. The first-order valence-corrected chi connectivity index (χ1v) is 8.52. The summed E-state index contributed by atoms with van der Waals surface area (Å²) >= 11 is 0. The molecule has 0 N–H and O–H groups in total. The van der Waals surface area contributed by atoms with Gasteiger partial charge in [0.15, 0.2) is 0 Å². The van der Waals surface area contributed by atoms with Gasteiger partial charge in [-0.2, -0.15) is 0 Å². The predicted octanol–water partition coefficient (Wildman–Crippen LogP) is 5.18. The quantitative estimate of drug-likeness (QED) is 0.644. The third kappa shape index (κ3) is 2.31. The molecule has 1 nitrogen and oxygen atoms in total. The van der Waals surface area contributed by atoms with Crippen molar-refractivity contribution in [3.8, 4) is 0 Å². The zero-order valence-corrected chi connectivity index (χ0v) is 13.9. The van der Waals surface area contributed by atoms with Crippen molar-refractivity contribution in [1.29, 1.82) is 0 Å². The minimum Gasteiger partial charge on any atom is -0.371 e. The fourth-order valence-electron chi connectivity index (χ4n) is 4.22. The molecular weight excluding hydrogens is 278 g/mol. The van der Waals surface area contributed by atoms with E-state index in [9.17, 15) is 0 Å². The molecule has 0 amide bonds. The molecule has 0 fully saturated rings. The van der Waals surface area contributed by atoms with E-state index < -0.39 is 0 Å². The fourth-order valence-corrected chi connectivity index (χ4v) is 4.22. The smallest absolute Gasteiger partial charge is 0.0411 e. The largest absolute Gasteiger partial charge is 0.371 e. The molecule has 116 valence electrons. The van der Waals surface area contributed by atoms with E-state index in [2.05, 4.69) is 85.5 Å². The van der Waals surface area contributed by atoms with Crippen LogP contribution < -0.4 is 4.90 Å². The maximum atomic E-state index is 2.53. The Morgan fingerprint density at radius 3 is 2.43 bits per heavy atom. The van der Waals surface area contributed by atoms with E-state index >= 15 is 0 Å². The van der Waals surface area contributed by atoms with Gasteiger partial charge in [0, 0.05) is 24.2 Å². The number of likely N-dealkylation sites (N-methyl/N-ethyl adjacent to an activating group) is 1. The van der Waals surface area contributed by atoms with Gasteiger partial charge in [0.25, 0.3) is 0 Å². The van der Waals surface area contributed by atoms with Gasteiger partial charge in [-0.05, 0) is 41.3 Å². The number of fused-ring (bicyclic) bond motifs is 3. The van der Waals surface area contributed by atoms with Gasteiger partial charge in [-0.3, -0.25) is 0 Å². The average Bonchev–Trinajstić information content (AvgIpc) is 2.88. The van der Waals surface area contributed by atoms with E-state index in [1.165, 1.54) is 27.6 Å². The predicted molar refractivity (Wildman–Crippen MR) is 99.3 cm³/mol. The molecule has 1 atom stereocenters. The first-order valence-electron chi connectivity index (χ1n) is 8.52. The number of hydrogen-bond donors (Lipinski definition) is 0. The first kappa shape index (κ1) is 14.3. The Balaban J connectivity index is 1.89. The van der Waals surface area contributed by atoms with Crippen molar-refractivity contribution < 1.29 is 0 Å². The van der Waals surface area contributed by atoms with Crippen LogP contribution in [0.25, 0.3) is 10.8 Å². The highest BCUT2D eigenvalue weighted by molar-refractivity contribution is 5.93. The van der Waals surface area contributed by atoms with Crippen LogP contribution in [0.5, 0.6) is 0 Å². The van der Waals surface area contributed by atoms with Crippen LogP contribution in [-0.4, -0.2) is 13.1 Å². The summed E-state index contributed by atoms with van der Waals surface area (Å²) in [6.07, 6.45) is 1.09. The molecular formula is C22H23N. The molecule has 0 spiro atoms. The molecule has 3 aromatic carbocycles. The third-order valence-corrected chi connectivity index (χ3v) is 5.21. The lowest BCUT2D eigenvalue weighted by atomic mass is 9.77. The van der Waals surface area contributed by atoms with Gasteiger partial charge in [0.1, 0.15) is 0 Å². The molecule has 0 aliphatic carbocycles. The van der Waals surface area contributed by atoms with Gasteiger partial charge in [-0.15, -0.1) is 0 Å². The van der Waals surface area contributed by atoms with Crippen molar-refractivity contribution in [3.05, 3.63) is 77.9 Å². The third-order valence-electron chi connectivity index (χ3n) is 5.21. The Morgan fingerprint density at radius 1 is 0.913 bits per heavy atom. The number of benzene rings is 3. The molecule has 0 saturated carbocycles. The molecule has 0 aromatic heterocycles. The molecule has 1 aliphatic rings. The summed E-state index contributed by atoms with van der Waals surface area (Å²) in [6, 6.07) is 24.3. The molecule has 23 heavy (non-hydrogen) atoms. The maximum Gasteiger partial charge on any atom is 0.0411 e. The molecule has 0 saturated heterocycles. The van der Waals surface area contributed by atoms with Crippen molar-refractivity contribution in [2.45, 2.75) is 25.7 Å². The summed E-state index contributed by atoms with van der Waals surface area (Å²) in [5.41, 5.74) is 4.53. The normalized spacial score (nSPS) is 20.0. The van der Waals surface area contributed by atoms with Crippen LogP contribution in [-0.2, 0) is 11.8 Å². The second-order valence-corrected chi connectivity index (χ2v) is 6.92. The minimum atomic E-state index is 0.160. The number of hydrogen-bond acceptors (Lipinski definition) is 1. The van der Waals surface area contributed by atoms with Crippen LogP contribution in [0.4, 0.5) is 5.69 Å². The zero-order valence-electron chi connectivity index (χ0n) is 13.9. The molecule has 1 heterocycles. The van der Waals surface area contributed by atoms with Gasteiger partial charge in [0.2, 0.25) is 0 Å².